The molecule has 0 aromatic heterocycles. The van der Waals surface area contributed by atoms with Crippen LogP contribution in [-0.2, 0) is 0 Å². The summed E-state index contributed by atoms with van der Waals surface area (Å²) < 4.78 is 0. The average molecular weight is 204 g/mol. The van der Waals surface area contributed by atoms with Gasteiger partial charge in [-0.2, -0.15) is 0 Å². The molecule has 0 saturated heterocycles. The van der Waals surface area contributed by atoms with Crippen LogP contribution in [0.3, 0.4) is 0 Å². The highest BCUT2D eigenvalue weighted by molar-refractivity contribution is 4.42. The highest BCUT2D eigenvalue weighted by Gasteiger charge is 1.84. The van der Waals surface area contributed by atoms with E-state index >= 15 is 0 Å². The van der Waals surface area contributed by atoms with Crippen LogP contribution in [0, 0.1) is 0 Å². The summed E-state index contributed by atoms with van der Waals surface area (Å²) in [6.07, 6.45) is 2.21. The summed E-state index contributed by atoms with van der Waals surface area (Å²) in [4.78, 5) is 4.26. The summed E-state index contributed by atoms with van der Waals surface area (Å²) in [6.45, 7) is 3.82. The number of rotatable bonds is 6. The topological polar surface area (TPSA) is 58.5 Å². The number of hydrogen-bond acceptors (Lipinski definition) is 4. The van der Waals surface area contributed by atoms with Gasteiger partial charge in [0.1, 0.15) is 0 Å². The Kier molecular flexibility index (Phi) is 14.9. The van der Waals surface area contributed by atoms with E-state index in [-0.39, 0.29) is 0 Å². The second kappa shape index (κ2) is 12.8. The lowest BCUT2D eigenvalue weighted by Crippen LogP contribution is -2.16. The van der Waals surface area contributed by atoms with Gasteiger partial charge in [0.2, 0.25) is 0 Å². The molecule has 88 valence electrons. The maximum Gasteiger partial charge on any atom is -0.00128 e. The summed E-state index contributed by atoms with van der Waals surface area (Å²) in [7, 11) is 8.20. The second-order valence-corrected chi connectivity index (χ2v) is 3.89. The fourth-order valence-electron chi connectivity index (χ4n) is 0.815. The Morgan fingerprint density at radius 1 is 0.714 bits per heavy atom. The molecule has 0 heterocycles. The third-order valence-electron chi connectivity index (χ3n) is 1.62. The van der Waals surface area contributed by atoms with E-state index in [0.717, 1.165) is 39.0 Å². The van der Waals surface area contributed by atoms with Crippen molar-refractivity contribution in [2.75, 3.05) is 54.4 Å². The quantitative estimate of drug-likeness (QED) is 0.629. The van der Waals surface area contributed by atoms with Crippen LogP contribution < -0.4 is 11.5 Å². The molecule has 0 amide bonds. The Hall–Kier alpha value is -0.160. The minimum absolute atomic E-state index is 0.804. The Balaban J connectivity index is 0. The maximum atomic E-state index is 5.25. The van der Waals surface area contributed by atoms with Crippen LogP contribution in [0.5, 0.6) is 0 Å². The van der Waals surface area contributed by atoms with Gasteiger partial charge in [-0.15, -0.1) is 0 Å². The standard InChI is InChI=1S/2C5H14N2/c2*1-7(2)5-3-4-6/h2*3-6H2,1-2H3. The van der Waals surface area contributed by atoms with E-state index in [1.807, 2.05) is 0 Å². The second-order valence-electron chi connectivity index (χ2n) is 3.89. The molecule has 0 fully saturated rings. The van der Waals surface area contributed by atoms with E-state index < -0.39 is 0 Å². The molecule has 0 radical (unpaired) electrons. The number of nitrogens with two attached hydrogens (primary N) is 2. The molecule has 0 rings (SSSR count). The molecule has 0 bridgehead atoms. The first kappa shape index (κ1) is 16.3. The lowest BCUT2D eigenvalue weighted by molar-refractivity contribution is 0.403. The molecule has 0 spiro atoms. The van der Waals surface area contributed by atoms with Crippen molar-refractivity contribution in [2.24, 2.45) is 11.5 Å². The SMILES string of the molecule is CN(C)CCCN.CN(C)CCCN. The summed E-state index contributed by atoms with van der Waals surface area (Å²) in [5.41, 5.74) is 10.5. The third-order valence-corrected chi connectivity index (χ3v) is 1.62. The van der Waals surface area contributed by atoms with Gasteiger partial charge in [0, 0.05) is 0 Å². The monoisotopic (exact) mass is 204 g/mol. The van der Waals surface area contributed by atoms with Gasteiger partial charge < -0.3 is 21.3 Å². The van der Waals surface area contributed by atoms with Crippen molar-refractivity contribution >= 4 is 0 Å². The molecule has 14 heavy (non-hydrogen) atoms. The van der Waals surface area contributed by atoms with Gasteiger partial charge >= 0.3 is 0 Å². The minimum Gasteiger partial charge on any atom is -0.330 e. The molecule has 4 nitrogen and oxygen atoms in total. The molecule has 0 aliphatic rings. The van der Waals surface area contributed by atoms with Crippen molar-refractivity contribution in [3.05, 3.63) is 0 Å². The van der Waals surface area contributed by atoms with Crippen molar-refractivity contribution in [1.29, 1.82) is 0 Å². The predicted octanol–water partition coefficient (Wildman–Crippen LogP) is -0.206. The van der Waals surface area contributed by atoms with Crippen molar-refractivity contribution in [1.82, 2.24) is 9.80 Å². The van der Waals surface area contributed by atoms with Crippen molar-refractivity contribution in [2.45, 2.75) is 12.8 Å². The van der Waals surface area contributed by atoms with Crippen molar-refractivity contribution in [3.8, 4) is 0 Å². The molecule has 0 aromatic rings. The minimum atomic E-state index is 0.804. The summed E-state index contributed by atoms with van der Waals surface area (Å²) in [5.74, 6) is 0. The van der Waals surface area contributed by atoms with Crippen molar-refractivity contribution in [3.63, 3.8) is 0 Å². The van der Waals surface area contributed by atoms with Crippen LogP contribution >= 0.6 is 0 Å². The molecule has 0 aliphatic heterocycles. The van der Waals surface area contributed by atoms with E-state index in [0.29, 0.717) is 0 Å². The molecule has 0 unspecified atom stereocenters. The third kappa shape index (κ3) is 22.6. The zero-order chi connectivity index (χ0) is 11.4. The summed E-state index contributed by atoms with van der Waals surface area (Å²) in [5, 5.41) is 0. The zero-order valence-electron chi connectivity index (χ0n) is 10.3. The Morgan fingerprint density at radius 2 is 1.00 bits per heavy atom. The van der Waals surface area contributed by atoms with E-state index in [1.54, 1.807) is 0 Å². The fraction of sp³-hybridized carbons (Fsp3) is 1.00. The van der Waals surface area contributed by atoms with Crippen LogP contribution in [0.2, 0.25) is 0 Å². The molecule has 4 heteroatoms. The molecular weight excluding hydrogens is 176 g/mol. The fourth-order valence-corrected chi connectivity index (χ4v) is 0.815. The predicted molar refractivity (Wildman–Crippen MR) is 64.5 cm³/mol. The lowest BCUT2D eigenvalue weighted by atomic mass is 10.4. The maximum absolute atomic E-state index is 5.25. The summed E-state index contributed by atoms with van der Waals surface area (Å²) >= 11 is 0. The highest BCUT2D eigenvalue weighted by atomic mass is 15.1. The van der Waals surface area contributed by atoms with Gasteiger partial charge in [-0.25, -0.2) is 0 Å². The van der Waals surface area contributed by atoms with E-state index in [1.165, 1.54) is 0 Å². The Labute approximate surface area is 89.2 Å². The van der Waals surface area contributed by atoms with Gasteiger partial charge in [-0.3, -0.25) is 0 Å². The molecular formula is C10H28N4. The Bertz CT molecular complexity index is 82.1. The van der Waals surface area contributed by atoms with Crippen LogP contribution in [0.1, 0.15) is 12.8 Å². The van der Waals surface area contributed by atoms with Gasteiger partial charge in [-0.1, -0.05) is 0 Å². The Morgan fingerprint density at radius 3 is 1.07 bits per heavy atom. The molecule has 0 atom stereocenters. The van der Waals surface area contributed by atoms with Gasteiger partial charge in [0.25, 0.3) is 0 Å². The van der Waals surface area contributed by atoms with Gasteiger partial charge in [0.05, 0.1) is 0 Å². The first-order valence-electron chi connectivity index (χ1n) is 5.24. The number of nitrogens with zero attached hydrogens (tertiary/aromatic N) is 2. The van der Waals surface area contributed by atoms with Gasteiger partial charge in [-0.05, 0) is 67.2 Å². The van der Waals surface area contributed by atoms with E-state index in [4.69, 9.17) is 11.5 Å². The lowest BCUT2D eigenvalue weighted by Gasteiger charge is -2.05. The van der Waals surface area contributed by atoms with Gasteiger partial charge in [0.15, 0.2) is 0 Å². The van der Waals surface area contributed by atoms with E-state index in [2.05, 4.69) is 38.0 Å². The summed E-state index contributed by atoms with van der Waals surface area (Å²) in [6, 6.07) is 0. The molecule has 0 aliphatic carbocycles. The highest BCUT2D eigenvalue weighted by Crippen LogP contribution is 1.77. The molecule has 0 aromatic carbocycles. The number of hydrogen-bond donors (Lipinski definition) is 2. The molecule has 4 N–H and O–H groups in total. The first-order chi connectivity index (χ1) is 6.54. The van der Waals surface area contributed by atoms with Crippen LogP contribution in [0.4, 0.5) is 0 Å². The first-order valence-corrected chi connectivity index (χ1v) is 5.24. The largest absolute Gasteiger partial charge is 0.330 e. The molecule has 0 saturated carbocycles. The van der Waals surface area contributed by atoms with Crippen LogP contribution in [-0.4, -0.2) is 64.2 Å². The average Bonchev–Trinajstić information content (AvgIpc) is 2.12. The smallest absolute Gasteiger partial charge is 0.00128 e. The zero-order valence-corrected chi connectivity index (χ0v) is 10.3. The van der Waals surface area contributed by atoms with Crippen LogP contribution in [0.25, 0.3) is 0 Å². The normalized spacial score (nSPS) is 10.3. The van der Waals surface area contributed by atoms with Crippen molar-refractivity contribution < 1.29 is 0 Å². The van der Waals surface area contributed by atoms with E-state index in [9.17, 15) is 0 Å². The van der Waals surface area contributed by atoms with Crippen LogP contribution in [0.15, 0.2) is 0 Å².